The average molecular weight is 255 g/mol. The molecule has 0 aliphatic carbocycles. The highest BCUT2D eigenvalue weighted by molar-refractivity contribution is 5.75. The van der Waals surface area contributed by atoms with Crippen molar-refractivity contribution in [3.8, 4) is 0 Å². The number of aliphatic carboxylic acids is 1. The Labute approximate surface area is 107 Å². The molecule has 2 heterocycles. The van der Waals surface area contributed by atoms with Gasteiger partial charge in [-0.1, -0.05) is 0 Å². The summed E-state index contributed by atoms with van der Waals surface area (Å²) in [4.78, 5) is 26.2. The lowest BCUT2D eigenvalue weighted by atomic mass is 9.97. The second-order valence-electron chi connectivity index (χ2n) is 5.47. The number of carboxylic acid groups (broad SMARTS) is 1. The number of rotatable bonds is 4. The third-order valence-corrected chi connectivity index (χ3v) is 3.74. The number of amides is 2. The minimum Gasteiger partial charge on any atom is -0.481 e. The Morgan fingerprint density at radius 1 is 1.28 bits per heavy atom. The van der Waals surface area contributed by atoms with Gasteiger partial charge in [-0.15, -0.1) is 0 Å². The van der Waals surface area contributed by atoms with Gasteiger partial charge in [0.25, 0.3) is 0 Å². The first-order valence-electron chi connectivity index (χ1n) is 6.47. The highest BCUT2D eigenvalue weighted by atomic mass is 16.4. The SMILES string of the molecule is CN1CCC(CNC(=O)N2CC(CC(=O)O)C2)C1. The molecule has 1 atom stereocenters. The summed E-state index contributed by atoms with van der Waals surface area (Å²) >= 11 is 0. The van der Waals surface area contributed by atoms with Crippen molar-refractivity contribution < 1.29 is 14.7 Å². The van der Waals surface area contributed by atoms with Crippen LogP contribution in [0.3, 0.4) is 0 Å². The predicted octanol–water partition coefficient (Wildman–Crippen LogP) is 0.0542. The van der Waals surface area contributed by atoms with Crippen molar-refractivity contribution in [1.82, 2.24) is 15.1 Å². The fourth-order valence-electron chi connectivity index (χ4n) is 2.65. The molecular weight excluding hydrogens is 234 g/mol. The molecule has 0 aromatic rings. The van der Waals surface area contributed by atoms with Crippen LogP contribution >= 0.6 is 0 Å². The summed E-state index contributed by atoms with van der Waals surface area (Å²) in [6, 6.07) is -0.0498. The van der Waals surface area contributed by atoms with Gasteiger partial charge in [0.1, 0.15) is 0 Å². The lowest BCUT2D eigenvalue weighted by Gasteiger charge is -2.38. The van der Waals surface area contributed by atoms with Crippen LogP contribution in [-0.2, 0) is 4.79 Å². The number of carboxylic acids is 1. The Bertz CT molecular complexity index is 329. The first kappa shape index (κ1) is 13.1. The molecule has 2 saturated heterocycles. The number of nitrogens with one attached hydrogen (secondary N) is 1. The maximum atomic E-state index is 11.7. The molecule has 2 amide bonds. The number of carbonyl (C=O) groups excluding carboxylic acids is 1. The van der Waals surface area contributed by atoms with Crippen LogP contribution in [0.15, 0.2) is 0 Å². The molecule has 1 unspecified atom stereocenters. The Morgan fingerprint density at radius 3 is 2.56 bits per heavy atom. The van der Waals surface area contributed by atoms with E-state index in [-0.39, 0.29) is 18.4 Å². The predicted molar refractivity (Wildman–Crippen MR) is 66.3 cm³/mol. The van der Waals surface area contributed by atoms with Crippen LogP contribution < -0.4 is 5.32 Å². The molecule has 2 aliphatic rings. The summed E-state index contributed by atoms with van der Waals surface area (Å²) in [7, 11) is 2.09. The van der Waals surface area contributed by atoms with Crippen molar-refractivity contribution >= 4 is 12.0 Å². The van der Waals surface area contributed by atoms with E-state index in [0.717, 1.165) is 26.1 Å². The van der Waals surface area contributed by atoms with Gasteiger partial charge >= 0.3 is 12.0 Å². The highest BCUT2D eigenvalue weighted by Crippen LogP contribution is 2.19. The number of hydrogen-bond donors (Lipinski definition) is 2. The van der Waals surface area contributed by atoms with E-state index in [1.165, 1.54) is 0 Å². The van der Waals surface area contributed by atoms with E-state index >= 15 is 0 Å². The molecule has 6 nitrogen and oxygen atoms in total. The third kappa shape index (κ3) is 3.35. The molecule has 0 aromatic carbocycles. The first-order chi connectivity index (χ1) is 8.54. The lowest BCUT2D eigenvalue weighted by molar-refractivity contribution is -0.139. The van der Waals surface area contributed by atoms with Crippen LogP contribution in [0.5, 0.6) is 0 Å². The molecule has 0 aromatic heterocycles. The summed E-state index contributed by atoms with van der Waals surface area (Å²) in [6.45, 7) is 4.02. The van der Waals surface area contributed by atoms with Crippen LogP contribution in [0.25, 0.3) is 0 Å². The quantitative estimate of drug-likeness (QED) is 0.745. The number of carbonyl (C=O) groups is 2. The van der Waals surface area contributed by atoms with E-state index in [2.05, 4.69) is 17.3 Å². The Morgan fingerprint density at radius 2 is 2.00 bits per heavy atom. The Hall–Kier alpha value is -1.30. The van der Waals surface area contributed by atoms with Crippen molar-refractivity contribution in [3.63, 3.8) is 0 Å². The fraction of sp³-hybridized carbons (Fsp3) is 0.833. The van der Waals surface area contributed by atoms with Gasteiger partial charge in [0.2, 0.25) is 0 Å². The minimum atomic E-state index is -0.783. The van der Waals surface area contributed by atoms with Crippen molar-refractivity contribution in [2.45, 2.75) is 12.8 Å². The molecule has 0 spiro atoms. The van der Waals surface area contributed by atoms with Gasteiger partial charge in [0, 0.05) is 32.1 Å². The van der Waals surface area contributed by atoms with E-state index in [1.54, 1.807) is 4.90 Å². The number of hydrogen-bond acceptors (Lipinski definition) is 3. The molecule has 0 saturated carbocycles. The molecule has 18 heavy (non-hydrogen) atoms. The van der Waals surface area contributed by atoms with Gasteiger partial charge in [0.15, 0.2) is 0 Å². The Balaban J connectivity index is 1.60. The van der Waals surface area contributed by atoms with E-state index in [9.17, 15) is 9.59 Å². The fourth-order valence-corrected chi connectivity index (χ4v) is 2.65. The van der Waals surface area contributed by atoms with Gasteiger partial charge in [-0.2, -0.15) is 0 Å². The van der Waals surface area contributed by atoms with E-state index in [0.29, 0.717) is 19.0 Å². The largest absolute Gasteiger partial charge is 0.481 e. The molecule has 0 radical (unpaired) electrons. The smallest absolute Gasteiger partial charge is 0.317 e. The zero-order chi connectivity index (χ0) is 13.1. The number of likely N-dealkylation sites (tertiary alicyclic amines) is 2. The van der Waals surface area contributed by atoms with Crippen LogP contribution in [0.1, 0.15) is 12.8 Å². The van der Waals surface area contributed by atoms with Crippen LogP contribution in [0.2, 0.25) is 0 Å². The van der Waals surface area contributed by atoms with Crippen LogP contribution in [0, 0.1) is 11.8 Å². The zero-order valence-corrected chi connectivity index (χ0v) is 10.8. The second-order valence-corrected chi connectivity index (χ2v) is 5.47. The van der Waals surface area contributed by atoms with E-state index in [1.807, 2.05) is 0 Å². The standard InChI is InChI=1S/C12H21N3O3/c1-14-3-2-9(6-14)5-13-12(18)15-7-10(8-15)4-11(16)17/h9-10H,2-8H2,1H3,(H,13,18)(H,16,17). The van der Waals surface area contributed by atoms with Gasteiger partial charge in [0.05, 0.1) is 6.42 Å². The summed E-state index contributed by atoms with van der Waals surface area (Å²) < 4.78 is 0. The second kappa shape index (κ2) is 5.56. The first-order valence-corrected chi connectivity index (χ1v) is 6.47. The van der Waals surface area contributed by atoms with Crippen molar-refractivity contribution in [1.29, 1.82) is 0 Å². The van der Waals surface area contributed by atoms with Crippen molar-refractivity contribution in [2.75, 3.05) is 39.8 Å². The molecule has 2 rings (SSSR count). The lowest BCUT2D eigenvalue weighted by Crippen LogP contribution is -2.54. The summed E-state index contributed by atoms with van der Waals surface area (Å²) in [6.07, 6.45) is 1.30. The molecule has 102 valence electrons. The summed E-state index contributed by atoms with van der Waals surface area (Å²) in [5.74, 6) is -0.102. The maximum Gasteiger partial charge on any atom is 0.317 e. The normalized spacial score (nSPS) is 24.9. The zero-order valence-electron chi connectivity index (χ0n) is 10.8. The molecule has 6 heteroatoms. The third-order valence-electron chi connectivity index (χ3n) is 3.74. The van der Waals surface area contributed by atoms with Gasteiger partial charge in [-0.25, -0.2) is 4.79 Å². The monoisotopic (exact) mass is 255 g/mol. The van der Waals surface area contributed by atoms with E-state index < -0.39 is 5.97 Å². The Kier molecular flexibility index (Phi) is 4.06. The van der Waals surface area contributed by atoms with Crippen molar-refractivity contribution in [2.24, 2.45) is 11.8 Å². The van der Waals surface area contributed by atoms with Crippen LogP contribution in [0.4, 0.5) is 4.79 Å². The molecule has 2 N–H and O–H groups in total. The molecule has 0 bridgehead atoms. The van der Waals surface area contributed by atoms with Gasteiger partial charge in [-0.05, 0) is 25.9 Å². The summed E-state index contributed by atoms with van der Waals surface area (Å²) in [5, 5.41) is 11.6. The summed E-state index contributed by atoms with van der Waals surface area (Å²) in [5.41, 5.74) is 0. The van der Waals surface area contributed by atoms with Gasteiger partial charge in [-0.3, -0.25) is 4.79 Å². The van der Waals surface area contributed by atoms with E-state index in [4.69, 9.17) is 5.11 Å². The van der Waals surface area contributed by atoms with Crippen molar-refractivity contribution in [3.05, 3.63) is 0 Å². The molecular formula is C12H21N3O3. The minimum absolute atomic E-state index is 0.0498. The average Bonchev–Trinajstić information content (AvgIpc) is 2.65. The highest BCUT2D eigenvalue weighted by Gasteiger charge is 2.32. The number of nitrogens with zero attached hydrogens (tertiary/aromatic N) is 2. The molecule has 2 aliphatic heterocycles. The topological polar surface area (TPSA) is 72.9 Å². The molecule has 2 fully saturated rings. The van der Waals surface area contributed by atoms with Crippen LogP contribution in [-0.4, -0.2) is 66.7 Å². The maximum absolute atomic E-state index is 11.7. The van der Waals surface area contributed by atoms with Gasteiger partial charge < -0.3 is 20.2 Å². The number of urea groups is 1.